The molecular weight excluding hydrogens is 473 g/mol. The Bertz CT molecular complexity index is 1120. The van der Waals surface area contributed by atoms with Crippen molar-refractivity contribution in [2.45, 2.75) is 33.4 Å². The third kappa shape index (κ3) is 6.37. The monoisotopic (exact) mass is 499 g/mol. The van der Waals surface area contributed by atoms with Crippen molar-refractivity contribution >= 4 is 50.7 Å². The highest BCUT2D eigenvalue weighted by Gasteiger charge is 2.30. The van der Waals surface area contributed by atoms with E-state index < -0.39 is 28.5 Å². The normalized spacial score (nSPS) is 12.2. The number of nitrogens with zero attached hydrogens (tertiary/aromatic N) is 2. The average molecular weight is 500 g/mol. The Hall–Kier alpha value is -2.29. The minimum Gasteiger partial charge on any atom is -0.357 e. The van der Waals surface area contributed by atoms with E-state index in [1.165, 1.54) is 11.9 Å². The predicted molar refractivity (Wildman–Crippen MR) is 129 cm³/mol. The van der Waals surface area contributed by atoms with Crippen LogP contribution in [0.15, 0.2) is 36.4 Å². The fourth-order valence-electron chi connectivity index (χ4n) is 3.30. The van der Waals surface area contributed by atoms with Crippen LogP contribution in [0.5, 0.6) is 0 Å². The van der Waals surface area contributed by atoms with E-state index >= 15 is 0 Å². The number of amides is 2. The molecule has 0 aliphatic heterocycles. The zero-order valence-corrected chi connectivity index (χ0v) is 21.0. The van der Waals surface area contributed by atoms with Crippen LogP contribution in [-0.4, -0.2) is 51.0 Å². The maximum atomic E-state index is 13.4. The standard InChI is InChI=1S/C22H27Cl2N3O4S/c1-14-6-9-20(15(2)10-14)27(32(5,30)31)13-21(28)26(16(3)22(29)25-4)12-17-7-8-18(23)11-19(17)24/h6-11,16H,12-13H2,1-5H3,(H,25,29)/t16-/m1/s1. The number of hydrogen-bond acceptors (Lipinski definition) is 4. The molecule has 2 rings (SSSR count). The van der Waals surface area contributed by atoms with Gasteiger partial charge in [0.1, 0.15) is 12.6 Å². The second kappa shape index (κ2) is 10.6. The summed E-state index contributed by atoms with van der Waals surface area (Å²) in [6.07, 6.45) is 1.04. The van der Waals surface area contributed by atoms with Gasteiger partial charge in [-0.25, -0.2) is 8.42 Å². The van der Waals surface area contributed by atoms with Crippen molar-refractivity contribution in [2.24, 2.45) is 0 Å². The van der Waals surface area contributed by atoms with Crippen LogP contribution in [0.4, 0.5) is 5.69 Å². The van der Waals surface area contributed by atoms with Crippen molar-refractivity contribution in [3.8, 4) is 0 Å². The number of benzene rings is 2. The first kappa shape index (κ1) is 26.0. The van der Waals surface area contributed by atoms with Crippen molar-refractivity contribution < 1.29 is 18.0 Å². The number of nitrogens with one attached hydrogen (secondary N) is 1. The molecule has 0 radical (unpaired) electrons. The van der Waals surface area contributed by atoms with Crippen LogP contribution in [0.2, 0.25) is 10.0 Å². The number of likely N-dealkylation sites (N-methyl/N-ethyl adjacent to an activating group) is 1. The molecule has 2 aromatic carbocycles. The van der Waals surface area contributed by atoms with Gasteiger partial charge >= 0.3 is 0 Å². The topological polar surface area (TPSA) is 86.8 Å². The molecule has 0 spiro atoms. The lowest BCUT2D eigenvalue weighted by Crippen LogP contribution is -2.50. The molecule has 1 atom stereocenters. The number of carbonyl (C=O) groups excluding carboxylic acids is 2. The maximum Gasteiger partial charge on any atom is 0.244 e. The third-order valence-corrected chi connectivity index (χ3v) is 6.78. The molecule has 0 saturated carbocycles. The summed E-state index contributed by atoms with van der Waals surface area (Å²) in [6.45, 7) is 4.80. The van der Waals surface area contributed by atoms with Crippen LogP contribution in [-0.2, 0) is 26.2 Å². The lowest BCUT2D eigenvalue weighted by atomic mass is 10.1. The van der Waals surface area contributed by atoms with Crippen LogP contribution in [0.3, 0.4) is 0 Å². The van der Waals surface area contributed by atoms with Gasteiger partial charge in [-0.3, -0.25) is 13.9 Å². The summed E-state index contributed by atoms with van der Waals surface area (Å²) in [5, 5.41) is 3.30. The van der Waals surface area contributed by atoms with E-state index in [-0.39, 0.29) is 12.5 Å². The summed E-state index contributed by atoms with van der Waals surface area (Å²) in [5.41, 5.74) is 2.68. The van der Waals surface area contributed by atoms with Crippen molar-refractivity contribution in [1.82, 2.24) is 10.2 Å². The summed E-state index contributed by atoms with van der Waals surface area (Å²) in [6, 6.07) is 9.28. The van der Waals surface area contributed by atoms with Gasteiger partial charge < -0.3 is 10.2 Å². The second-order valence-electron chi connectivity index (χ2n) is 7.61. The summed E-state index contributed by atoms with van der Waals surface area (Å²) < 4.78 is 26.2. The molecule has 0 unspecified atom stereocenters. The average Bonchev–Trinajstić information content (AvgIpc) is 2.70. The van der Waals surface area contributed by atoms with Gasteiger partial charge in [0.15, 0.2) is 0 Å². The second-order valence-corrected chi connectivity index (χ2v) is 10.4. The Labute approximate surface area is 199 Å². The summed E-state index contributed by atoms with van der Waals surface area (Å²) in [5.74, 6) is -0.932. The first-order valence-corrected chi connectivity index (χ1v) is 12.5. The van der Waals surface area contributed by atoms with E-state index in [2.05, 4.69) is 5.32 Å². The maximum absolute atomic E-state index is 13.4. The molecule has 10 heteroatoms. The van der Waals surface area contributed by atoms with Gasteiger partial charge in [0.05, 0.1) is 11.9 Å². The van der Waals surface area contributed by atoms with Gasteiger partial charge in [0.2, 0.25) is 21.8 Å². The summed E-state index contributed by atoms with van der Waals surface area (Å²) in [4.78, 5) is 27.0. The van der Waals surface area contributed by atoms with Crippen LogP contribution in [0.25, 0.3) is 0 Å². The van der Waals surface area contributed by atoms with Crippen LogP contribution in [0, 0.1) is 13.8 Å². The number of carbonyl (C=O) groups is 2. The molecule has 32 heavy (non-hydrogen) atoms. The molecule has 0 bridgehead atoms. The molecule has 0 aromatic heterocycles. The lowest BCUT2D eigenvalue weighted by Gasteiger charge is -2.32. The minimum atomic E-state index is -3.78. The third-order valence-electron chi connectivity index (χ3n) is 5.07. The van der Waals surface area contributed by atoms with Crippen molar-refractivity contribution in [1.29, 1.82) is 0 Å². The molecule has 1 N–H and O–H groups in total. The Morgan fingerprint density at radius 3 is 2.28 bits per heavy atom. The molecule has 7 nitrogen and oxygen atoms in total. The van der Waals surface area contributed by atoms with Gasteiger partial charge in [-0.2, -0.15) is 0 Å². The largest absolute Gasteiger partial charge is 0.357 e. The Balaban J connectivity index is 2.45. The highest BCUT2D eigenvalue weighted by atomic mass is 35.5. The number of anilines is 1. The van der Waals surface area contributed by atoms with Crippen molar-refractivity contribution in [3.05, 3.63) is 63.1 Å². The van der Waals surface area contributed by atoms with E-state index in [1.807, 2.05) is 13.0 Å². The molecular formula is C22H27Cl2N3O4S. The zero-order chi connectivity index (χ0) is 24.2. The molecule has 0 aliphatic carbocycles. The molecule has 0 aliphatic rings. The zero-order valence-electron chi connectivity index (χ0n) is 18.6. The molecule has 2 amide bonds. The number of rotatable bonds is 8. The Morgan fingerprint density at radius 1 is 1.09 bits per heavy atom. The fourth-order valence-corrected chi connectivity index (χ4v) is 4.68. The summed E-state index contributed by atoms with van der Waals surface area (Å²) >= 11 is 12.2. The molecule has 0 saturated heterocycles. The van der Waals surface area contributed by atoms with Gasteiger partial charge in [0.25, 0.3) is 0 Å². The SMILES string of the molecule is CNC(=O)[C@@H](C)N(Cc1ccc(Cl)cc1Cl)C(=O)CN(c1ccc(C)cc1C)S(C)(=O)=O. The summed E-state index contributed by atoms with van der Waals surface area (Å²) in [7, 11) is -2.31. The Kier molecular flexibility index (Phi) is 8.56. The first-order valence-electron chi connectivity index (χ1n) is 9.85. The van der Waals surface area contributed by atoms with E-state index in [4.69, 9.17) is 23.2 Å². The van der Waals surface area contributed by atoms with E-state index in [0.29, 0.717) is 21.3 Å². The minimum absolute atomic E-state index is 0.00784. The van der Waals surface area contributed by atoms with Gasteiger partial charge in [-0.05, 0) is 50.1 Å². The predicted octanol–water partition coefficient (Wildman–Crippen LogP) is 3.54. The molecule has 0 fully saturated rings. The number of hydrogen-bond donors (Lipinski definition) is 1. The van der Waals surface area contributed by atoms with Crippen LogP contribution in [0.1, 0.15) is 23.6 Å². The fraction of sp³-hybridized carbons (Fsp3) is 0.364. The van der Waals surface area contributed by atoms with Gasteiger partial charge in [-0.1, -0.05) is 47.0 Å². The number of aryl methyl sites for hydroxylation is 2. The van der Waals surface area contributed by atoms with Crippen molar-refractivity contribution in [3.63, 3.8) is 0 Å². The molecule has 2 aromatic rings. The van der Waals surface area contributed by atoms with Gasteiger partial charge in [-0.15, -0.1) is 0 Å². The quantitative estimate of drug-likeness (QED) is 0.601. The van der Waals surface area contributed by atoms with E-state index in [0.717, 1.165) is 21.7 Å². The Morgan fingerprint density at radius 2 is 1.75 bits per heavy atom. The highest BCUT2D eigenvalue weighted by Crippen LogP contribution is 2.26. The number of halogens is 2. The first-order chi connectivity index (χ1) is 14.8. The van der Waals surface area contributed by atoms with Crippen LogP contribution >= 0.6 is 23.2 Å². The lowest BCUT2D eigenvalue weighted by molar-refractivity contribution is -0.139. The number of sulfonamides is 1. The van der Waals surface area contributed by atoms with Crippen molar-refractivity contribution in [2.75, 3.05) is 24.2 Å². The highest BCUT2D eigenvalue weighted by molar-refractivity contribution is 7.92. The van der Waals surface area contributed by atoms with E-state index in [9.17, 15) is 18.0 Å². The van der Waals surface area contributed by atoms with E-state index in [1.54, 1.807) is 44.2 Å². The smallest absolute Gasteiger partial charge is 0.244 e. The van der Waals surface area contributed by atoms with Crippen LogP contribution < -0.4 is 9.62 Å². The molecule has 0 heterocycles. The van der Waals surface area contributed by atoms with Gasteiger partial charge in [0, 0.05) is 23.6 Å². The molecule has 174 valence electrons.